The zero-order chi connectivity index (χ0) is 15.8. The molecule has 1 aliphatic carbocycles. The van der Waals surface area contributed by atoms with Gasteiger partial charge < -0.3 is 10.4 Å². The van der Waals surface area contributed by atoms with Crippen molar-refractivity contribution >= 4 is 23.2 Å². The fourth-order valence-electron chi connectivity index (χ4n) is 1.88. The monoisotopic (exact) mass is 322 g/mol. The number of halogens is 3. The Hall–Kier alpha value is -1.64. The summed E-state index contributed by atoms with van der Waals surface area (Å²) >= 11 is 0.797. The summed E-state index contributed by atoms with van der Waals surface area (Å²) in [5, 5.41) is 12.5. The van der Waals surface area contributed by atoms with Crippen LogP contribution in [0.1, 0.15) is 42.9 Å². The minimum Gasteiger partial charge on any atom is -0.480 e. The number of carbonyl (C=O) groups is 2. The third-order valence-electron chi connectivity index (χ3n) is 3.42. The van der Waals surface area contributed by atoms with Gasteiger partial charge in [-0.05, 0) is 19.3 Å². The predicted molar refractivity (Wildman–Crippen MR) is 67.6 cm³/mol. The van der Waals surface area contributed by atoms with Crippen LogP contribution in [0.4, 0.5) is 13.2 Å². The molecule has 0 spiro atoms. The van der Waals surface area contributed by atoms with Crippen LogP contribution < -0.4 is 5.32 Å². The highest BCUT2D eigenvalue weighted by molar-refractivity contribution is 7.09. The first kappa shape index (κ1) is 15.7. The number of amides is 1. The maximum atomic E-state index is 12.5. The molecule has 5 nitrogen and oxygen atoms in total. The van der Waals surface area contributed by atoms with E-state index >= 15 is 0 Å². The van der Waals surface area contributed by atoms with Crippen molar-refractivity contribution in [2.24, 2.45) is 5.41 Å². The number of thiazole rings is 1. The molecule has 0 aliphatic heterocycles. The fourth-order valence-corrected chi connectivity index (χ4v) is 2.84. The van der Waals surface area contributed by atoms with Gasteiger partial charge in [0, 0.05) is 5.38 Å². The lowest BCUT2D eigenvalue weighted by molar-refractivity contribution is -0.149. The molecule has 116 valence electrons. The van der Waals surface area contributed by atoms with E-state index < -0.39 is 35.2 Å². The van der Waals surface area contributed by atoms with Crippen LogP contribution in [-0.2, 0) is 15.8 Å². The number of aliphatic carboxylic acids is 1. The second-order valence-corrected chi connectivity index (χ2v) is 5.78. The maximum Gasteiger partial charge on any atom is 0.434 e. The molecule has 0 radical (unpaired) electrons. The van der Waals surface area contributed by atoms with Gasteiger partial charge in [0.05, 0.1) is 6.04 Å². The Kier molecular flexibility index (Phi) is 3.96. The van der Waals surface area contributed by atoms with Gasteiger partial charge >= 0.3 is 12.1 Å². The number of rotatable bonds is 5. The van der Waals surface area contributed by atoms with E-state index in [1.165, 1.54) is 0 Å². The molecule has 21 heavy (non-hydrogen) atoms. The van der Waals surface area contributed by atoms with Crippen molar-refractivity contribution in [1.82, 2.24) is 10.3 Å². The third-order valence-corrected chi connectivity index (χ3v) is 4.38. The van der Waals surface area contributed by atoms with Crippen molar-refractivity contribution in [2.45, 2.75) is 38.4 Å². The largest absolute Gasteiger partial charge is 0.480 e. The second kappa shape index (κ2) is 5.28. The van der Waals surface area contributed by atoms with E-state index in [2.05, 4.69) is 10.3 Å². The molecule has 0 saturated heterocycles. The summed E-state index contributed by atoms with van der Waals surface area (Å²) in [5.74, 6) is -1.87. The van der Waals surface area contributed by atoms with Gasteiger partial charge in [0.25, 0.3) is 0 Å². The van der Waals surface area contributed by atoms with E-state index in [0.717, 1.165) is 16.7 Å². The van der Waals surface area contributed by atoms with Gasteiger partial charge in [0.2, 0.25) is 5.91 Å². The molecule has 1 aromatic heterocycles. The van der Waals surface area contributed by atoms with Gasteiger partial charge in [0.1, 0.15) is 10.4 Å². The Morgan fingerprint density at radius 1 is 1.52 bits per heavy atom. The van der Waals surface area contributed by atoms with Crippen LogP contribution in [0.3, 0.4) is 0 Å². The molecule has 1 aromatic rings. The Morgan fingerprint density at radius 3 is 2.52 bits per heavy atom. The highest BCUT2D eigenvalue weighted by Crippen LogP contribution is 2.46. The molecule has 1 aliphatic rings. The van der Waals surface area contributed by atoms with E-state index in [4.69, 9.17) is 5.11 Å². The number of nitrogens with one attached hydrogen (secondary N) is 1. The number of carboxylic acid groups (broad SMARTS) is 1. The van der Waals surface area contributed by atoms with Crippen LogP contribution in [-0.4, -0.2) is 22.0 Å². The maximum absolute atomic E-state index is 12.5. The van der Waals surface area contributed by atoms with E-state index in [1.807, 2.05) is 0 Å². The number of carboxylic acids is 1. The lowest BCUT2D eigenvalue weighted by atomic mass is 10.1. The molecule has 9 heteroatoms. The van der Waals surface area contributed by atoms with Gasteiger partial charge in [-0.3, -0.25) is 9.59 Å². The number of nitrogens with zero attached hydrogens (tertiary/aromatic N) is 1. The fraction of sp³-hybridized carbons (Fsp3) is 0.583. The lowest BCUT2D eigenvalue weighted by Gasteiger charge is -2.17. The van der Waals surface area contributed by atoms with Crippen molar-refractivity contribution in [3.05, 3.63) is 16.1 Å². The zero-order valence-corrected chi connectivity index (χ0v) is 11.8. The molecule has 1 heterocycles. The number of carbonyl (C=O) groups excluding carboxylic acids is 1. The summed E-state index contributed by atoms with van der Waals surface area (Å²) in [6, 6.07) is -0.713. The first-order chi connectivity index (χ1) is 9.70. The normalized spacial score (nSPS) is 18.1. The quantitative estimate of drug-likeness (QED) is 0.817. The van der Waals surface area contributed by atoms with Crippen molar-refractivity contribution in [2.75, 3.05) is 0 Å². The molecule has 2 rings (SSSR count). The van der Waals surface area contributed by atoms with Gasteiger partial charge in [0.15, 0.2) is 5.69 Å². The van der Waals surface area contributed by atoms with Crippen LogP contribution in [0.15, 0.2) is 5.38 Å². The molecule has 1 amide bonds. The van der Waals surface area contributed by atoms with Gasteiger partial charge in [-0.2, -0.15) is 13.2 Å². The molecule has 0 aromatic carbocycles. The highest BCUT2D eigenvalue weighted by Gasteiger charge is 2.57. The Bertz CT molecular complexity index is 566. The van der Waals surface area contributed by atoms with E-state index in [-0.39, 0.29) is 17.8 Å². The van der Waals surface area contributed by atoms with E-state index in [1.54, 1.807) is 6.92 Å². The zero-order valence-electron chi connectivity index (χ0n) is 11.0. The van der Waals surface area contributed by atoms with Crippen LogP contribution in [0.25, 0.3) is 0 Å². The van der Waals surface area contributed by atoms with Crippen molar-refractivity contribution in [3.8, 4) is 0 Å². The van der Waals surface area contributed by atoms with Crippen LogP contribution in [0.2, 0.25) is 0 Å². The molecule has 0 bridgehead atoms. The van der Waals surface area contributed by atoms with Crippen LogP contribution in [0, 0.1) is 5.41 Å². The number of hydrogen-bond donors (Lipinski definition) is 2. The van der Waals surface area contributed by atoms with Crippen molar-refractivity contribution in [3.63, 3.8) is 0 Å². The van der Waals surface area contributed by atoms with Crippen LogP contribution in [0.5, 0.6) is 0 Å². The Morgan fingerprint density at radius 2 is 2.14 bits per heavy atom. The third kappa shape index (κ3) is 3.02. The number of aromatic nitrogens is 1. The van der Waals surface area contributed by atoms with E-state index in [9.17, 15) is 22.8 Å². The second-order valence-electron chi connectivity index (χ2n) is 4.89. The summed E-state index contributed by atoms with van der Waals surface area (Å²) in [4.78, 5) is 26.5. The molecular formula is C12H13F3N2O3S. The number of alkyl halides is 3. The summed E-state index contributed by atoms with van der Waals surface area (Å²) in [6.07, 6.45) is -3.71. The SMILES string of the molecule is CC[C@H](NC(=O)C1(C(=O)O)CC1)c1nc(C(F)(F)F)cs1. The van der Waals surface area contributed by atoms with Gasteiger partial charge in [-0.1, -0.05) is 6.92 Å². The smallest absolute Gasteiger partial charge is 0.434 e. The van der Waals surface area contributed by atoms with Crippen LogP contribution >= 0.6 is 11.3 Å². The molecular weight excluding hydrogens is 309 g/mol. The first-order valence-electron chi connectivity index (χ1n) is 6.27. The van der Waals surface area contributed by atoms with Gasteiger partial charge in [-0.25, -0.2) is 4.98 Å². The summed E-state index contributed by atoms with van der Waals surface area (Å²) in [5.41, 5.74) is -2.42. The Balaban J connectivity index is 2.12. The average Bonchev–Trinajstić information content (AvgIpc) is 3.06. The molecule has 0 unspecified atom stereocenters. The summed E-state index contributed by atoms with van der Waals surface area (Å²) in [6.45, 7) is 1.68. The highest BCUT2D eigenvalue weighted by atomic mass is 32.1. The topological polar surface area (TPSA) is 79.3 Å². The minimum atomic E-state index is -4.53. The predicted octanol–water partition coefficient (Wildman–Crippen LogP) is 2.59. The lowest BCUT2D eigenvalue weighted by Crippen LogP contribution is -2.39. The van der Waals surface area contributed by atoms with Gasteiger partial charge in [-0.15, -0.1) is 11.3 Å². The molecule has 1 atom stereocenters. The summed E-state index contributed by atoms with van der Waals surface area (Å²) in [7, 11) is 0. The molecule has 2 N–H and O–H groups in total. The minimum absolute atomic E-state index is 0.124. The molecule has 1 saturated carbocycles. The molecule has 1 fully saturated rings. The Labute approximate surface area is 122 Å². The van der Waals surface area contributed by atoms with Crippen molar-refractivity contribution < 1.29 is 27.9 Å². The van der Waals surface area contributed by atoms with Crippen molar-refractivity contribution in [1.29, 1.82) is 0 Å². The summed E-state index contributed by atoms with van der Waals surface area (Å²) < 4.78 is 37.5. The van der Waals surface area contributed by atoms with E-state index in [0.29, 0.717) is 6.42 Å². The first-order valence-corrected chi connectivity index (χ1v) is 7.15. The number of hydrogen-bond acceptors (Lipinski definition) is 4. The standard InChI is InChI=1S/C12H13F3N2O3S/c1-2-6(8-17-7(5-21-8)12(13,14)15)16-9(18)11(3-4-11)10(19)20/h5-6H,2-4H2,1H3,(H,16,18)(H,19,20)/t6-/m0/s1. The average molecular weight is 322 g/mol.